The van der Waals surface area contributed by atoms with Crippen LogP contribution in [0, 0.1) is 0 Å². The van der Waals surface area contributed by atoms with Crippen molar-refractivity contribution in [2.75, 3.05) is 13.4 Å². The zero-order valence-corrected chi connectivity index (χ0v) is 14.2. The van der Waals surface area contributed by atoms with E-state index in [1.807, 2.05) is 0 Å². The summed E-state index contributed by atoms with van der Waals surface area (Å²) in [6, 6.07) is 3.15. The van der Waals surface area contributed by atoms with Crippen molar-refractivity contribution in [1.82, 2.24) is 5.16 Å². The molecule has 1 aliphatic carbocycles. The molecule has 1 heterocycles. The minimum atomic E-state index is -0.568. The Morgan fingerprint density at radius 2 is 2.09 bits per heavy atom. The van der Waals surface area contributed by atoms with Gasteiger partial charge in [0.15, 0.2) is 11.5 Å². The number of rotatable bonds is 5. The summed E-state index contributed by atoms with van der Waals surface area (Å²) in [5, 5.41) is 4.01. The number of aromatic nitrogens is 1. The molecule has 3 rings (SSSR count). The zero-order chi connectivity index (χ0) is 16.6. The van der Waals surface area contributed by atoms with E-state index in [9.17, 15) is 9.59 Å². The average Bonchev–Trinajstić information content (AvgIpc) is 3.29. The molecule has 1 aliphatic rings. The fourth-order valence-corrected chi connectivity index (χ4v) is 3.51. The molecule has 1 aromatic carbocycles. The van der Waals surface area contributed by atoms with Gasteiger partial charge < -0.3 is 9.26 Å². The fourth-order valence-electron chi connectivity index (χ4n) is 2.45. The molecule has 120 valence electrons. The third-order valence-electron chi connectivity index (χ3n) is 3.74. The molecule has 2 aromatic rings. The molecule has 0 radical (unpaired) electrons. The molecule has 0 aliphatic heterocycles. The van der Waals surface area contributed by atoms with Crippen LogP contribution >= 0.6 is 23.4 Å². The maximum Gasteiger partial charge on any atom is 0.340 e. The van der Waals surface area contributed by atoms with Gasteiger partial charge in [-0.3, -0.25) is 4.79 Å². The number of hydrogen-bond acceptors (Lipinski definition) is 6. The van der Waals surface area contributed by atoms with Crippen molar-refractivity contribution in [3.63, 3.8) is 0 Å². The second-order valence-electron chi connectivity index (χ2n) is 5.20. The van der Waals surface area contributed by atoms with Gasteiger partial charge >= 0.3 is 5.97 Å². The SMILES string of the molecule is COC(=O)c1c(Cl)ccc(C(=O)c2cnoc2C2CC2)c1SC. The predicted octanol–water partition coefficient (Wildman–Crippen LogP) is 3.94. The van der Waals surface area contributed by atoms with Gasteiger partial charge in [0.25, 0.3) is 0 Å². The van der Waals surface area contributed by atoms with Crippen LogP contribution in [-0.4, -0.2) is 30.3 Å². The number of halogens is 1. The fraction of sp³-hybridized carbons (Fsp3) is 0.312. The Morgan fingerprint density at radius 1 is 1.35 bits per heavy atom. The normalized spacial score (nSPS) is 13.9. The first-order chi connectivity index (χ1) is 11.1. The van der Waals surface area contributed by atoms with Gasteiger partial charge in [-0.25, -0.2) is 4.79 Å². The highest BCUT2D eigenvalue weighted by Crippen LogP contribution is 2.42. The third-order valence-corrected chi connectivity index (χ3v) is 4.88. The van der Waals surface area contributed by atoms with Crippen molar-refractivity contribution >= 4 is 35.1 Å². The number of hydrogen-bond donors (Lipinski definition) is 0. The lowest BCUT2D eigenvalue weighted by Gasteiger charge is -2.12. The number of nitrogens with zero attached hydrogens (tertiary/aromatic N) is 1. The van der Waals surface area contributed by atoms with Crippen molar-refractivity contribution in [1.29, 1.82) is 0 Å². The van der Waals surface area contributed by atoms with Crippen LogP contribution in [0.15, 0.2) is 27.7 Å². The molecule has 7 heteroatoms. The Morgan fingerprint density at radius 3 is 2.70 bits per heavy atom. The molecular weight excluding hydrogens is 338 g/mol. The number of carbonyl (C=O) groups is 2. The standard InChI is InChI=1S/C16H14ClNO4S/c1-21-16(20)12-11(17)6-5-9(15(12)23-2)13(19)10-7-18-22-14(10)8-3-4-8/h5-8H,3-4H2,1-2H3. The number of thioether (sulfide) groups is 1. The van der Waals surface area contributed by atoms with Gasteiger partial charge in [0.2, 0.25) is 0 Å². The van der Waals surface area contributed by atoms with Crippen molar-refractivity contribution in [2.24, 2.45) is 0 Å². The molecule has 0 bridgehead atoms. The topological polar surface area (TPSA) is 69.4 Å². The van der Waals surface area contributed by atoms with Gasteiger partial charge in [-0.1, -0.05) is 16.8 Å². The summed E-state index contributed by atoms with van der Waals surface area (Å²) in [6.45, 7) is 0. The average molecular weight is 352 g/mol. The highest BCUT2D eigenvalue weighted by Gasteiger charge is 2.34. The number of ether oxygens (including phenoxy) is 1. The molecule has 1 fully saturated rings. The second kappa shape index (κ2) is 6.37. The Kier molecular flexibility index (Phi) is 4.46. The van der Waals surface area contributed by atoms with E-state index >= 15 is 0 Å². The number of benzene rings is 1. The van der Waals surface area contributed by atoms with E-state index in [2.05, 4.69) is 5.16 Å². The summed E-state index contributed by atoms with van der Waals surface area (Å²) >= 11 is 7.40. The molecule has 0 amide bonds. The molecule has 0 spiro atoms. The van der Waals surface area contributed by atoms with Crippen molar-refractivity contribution in [3.05, 3.63) is 45.8 Å². The molecule has 0 N–H and O–H groups in total. The van der Waals surface area contributed by atoms with Crippen LogP contribution < -0.4 is 0 Å². The summed E-state index contributed by atoms with van der Waals surface area (Å²) in [4.78, 5) is 25.4. The second-order valence-corrected chi connectivity index (χ2v) is 6.43. The molecule has 5 nitrogen and oxygen atoms in total. The Hall–Kier alpha value is -1.79. The maximum absolute atomic E-state index is 12.9. The van der Waals surface area contributed by atoms with E-state index in [-0.39, 0.29) is 22.3 Å². The van der Waals surface area contributed by atoms with Crippen LogP contribution in [0.3, 0.4) is 0 Å². The Bertz CT molecular complexity index is 782. The smallest absolute Gasteiger partial charge is 0.340 e. The van der Waals surface area contributed by atoms with Crippen LogP contribution in [0.5, 0.6) is 0 Å². The zero-order valence-electron chi connectivity index (χ0n) is 12.6. The number of ketones is 1. The summed E-state index contributed by atoms with van der Waals surface area (Å²) < 4.78 is 10.0. The molecule has 0 saturated heterocycles. The maximum atomic E-state index is 12.9. The summed E-state index contributed by atoms with van der Waals surface area (Å²) in [5.74, 6) is 0.0965. The number of esters is 1. The van der Waals surface area contributed by atoms with Crippen LogP contribution in [-0.2, 0) is 4.74 Å². The molecule has 0 atom stereocenters. The minimum absolute atomic E-state index is 0.206. The lowest BCUT2D eigenvalue weighted by molar-refractivity contribution is 0.0597. The first-order valence-corrected chi connectivity index (χ1v) is 8.62. The summed E-state index contributed by atoms with van der Waals surface area (Å²) in [7, 11) is 1.28. The van der Waals surface area contributed by atoms with Crippen LogP contribution in [0.25, 0.3) is 0 Å². The van der Waals surface area contributed by atoms with E-state index in [1.54, 1.807) is 12.3 Å². The van der Waals surface area contributed by atoms with Crippen molar-refractivity contribution in [2.45, 2.75) is 23.7 Å². The highest BCUT2D eigenvalue weighted by atomic mass is 35.5. The van der Waals surface area contributed by atoms with Gasteiger partial charge in [0, 0.05) is 16.4 Å². The highest BCUT2D eigenvalue weighted by molar-refractivity contribution is 7.98. The Labute approximate surface area is 142 Å². The summed E-state index contributed by atoms with van der Waals surface area (Å²) in [6.07, 6.45) is 5.22. The lowest BCUT2D eigenvalue weighted by atomic mass is 10.0. The number of carbonyl (C=O) groups excluding carboxylic acids is 2. The number of methoxy groups -OCH3 is 1. The van der Waals surface area contributed by atoms with E-state index in [4.69, 9.17) is 20.9 Å². The molecule has 1 saturated carbocycles. The molecule has 1 aromatic heterocycles. The molecule has 0 unspecified atom stereocenters. The van der Waals surface area contributed by atoms with Gasteiger partial charge in [0.05, 0.1) is 29.5 Å². The summed E-state index contributed by atoms with van der Waals surface area (Å²) in [5.41, 5.74) is 1.05. The third kappa shape index (κ3) is 2.88. The largest absolute Gasteiger partial charge is 0.465 e. The van der Waals surface area contributed by atoms with Gasteiger partial charge in [0.1, 0.15) is 0 Å². The first-order valence-electron chi connectivity index (χ1n) is 7.02. The van der Waals surface area contributed by atoms with E-state index in [1.165, 1.54) is 31.1 Å². The molecular formula is C16H14ClNO4S. The van der Waals surface area contributed by atoms with Crippen LogP contribution in [0.4, 0.5) is 0 Å². The van der Waals surface area contributed by atoms with Gasteiger partial charge in [-0.05, 0) is 31.2 Å². The van der Waals surface area contributed by atoms with Crippen molar-refractivity contribution in [3.8, 4) is 0 Å². The predicted molar refractivity (Wildman–Crippen MR) is 86.5 cm³/mol. The monoisotopic (exact) mass is 351 g/mol. The minimum Gasteiger partial charge on any atom is -0.465 e. The quantitative estimate of drug-likeness (QED) is 0.461. The first kappa shape index (κ1) is 16.1. The van der Waals surface area contributed by atoms with E-state index in [0.717, 1.165) is 12.8 Å². The Balaban J connectivity index is 2.10. The molecule has 23 heavy (non-hydrogen) atoms. The lowest BCUT2D eigenvalue weighted by Crippen LogP contribution is -2.10. The van der Waals surface area contributed by atoms with Crippen molar-refractivity contribution < 1.29 is 18.8 Å². The van der Waals surface area contributed by atoms with E-state index < -0.39 is 5.97 Å². The van der Waals surface area contributed by atoms with Gasteiger partial charge in [-0.2, -0.15) is 0 Å². The van der Waals surface area contributed by atoms with Gasteiger partial charge in [-0.15, -0.1) is 11.8 Å². The van der Waals surface area contributed by atoms with E-state index in [0.29, 0.717) is 21.8 Å². The van der Waals surface area contributed by atoms with Crippen LogP contribution in [0.2, 0.25) is 5.02 Å². The van der Waals surface area contributed by atoms with Crippen LogP contribution in [0.1, 0.15) is 50.8 Å².